The molecule has 0 radical (unpaired) electrons. The Hall–Kier alpha value is -0.860. The Morgan fingerprint density at radius 2 is 1.62 bits per heavy atom. The zero-order chi connectivity index (χ0) is 15.5. The van der Waals surface area contributed by atoms with Crippen molar-refractivity contribution < 1.29 is 9.84 Å². The molecule has 1 fully saturated rings. The normalized spacial score (nSPS) is 20.2. The smallest absolute Gasteiger partial charge is 0.105 e. The van der Waals surface area contributed by atoms with Crippen molar-refractivity contribution in [2.45, 2.75) is 70.5 Å². The molecule has 1 aliphatic rings. The van der Waals surface area contributed by atoms with Crippen LogP contribution in [0.25, 0.3) is 0 Å². The average Bonchev–Trinajstić information content (AvgIpc) is 2.48. The fraction of sp³-hybridized carbons (Fsp3) is 0.684. The Kier molecular flexibility index (Phi) is 5.45. The minimum Gasteiger partial charge on any atom is -0.386 e. The van der Waals surface area contributed by atoms with Gasteiger partial charge in [0.25, 0.3) is 0 Å². The number of ether oxygens (including phenoxy) is 1. The molecule has 1 aromatic carbocycles. The van der Waals surface area contributed by atoms with E-state index >= 15 is 0 Å². The van der Waals surface area contributed by atoms with Gasteiger partial charge in [0.2, 0.25) is 0 Å². The second-order valence-corrected chi connectivity index (χ2v) is 7.42. The molecule has 1 aromatic rings. The van der Waals surface area contributed by atoms with Crippen LogP contribution in [0.4, 0.5) is 0 Å². The minimum atomic E-state index is -0.521. The van der Waals surface area contributed by atoms with Crippen LogP contribution in [0.5, 0.6) is 0 Å². The number of benzene rings is 1. The summed E-state index contributed by atoms with van der Waals surface area (Å²) in [5, 5.41) is 10.7. The molecule has 1 saturated carbocycles. The zero-order valence-electron chi connectivity index (χ0n) is 13.9. The van der Waals surface area contributed by atoms with Gasteiger partial charge in [-0.2, -0.15) is 0 Å². The van der Waals surface area contributed by atoms with Crippen LogP contribution in [-0.2, 0) is 10.2 Å². The summed E-state index contributed by atoms with van der Waals surface area (Å²) in [6.45, 7) is 6.62. The molecule has 118 valence electrons. The molecule has 0 amide bonds. The van der Waals surface area contributed by atoms with Gasteiger partial charge in [-0.3, -0.25) is 0 Å². The lowest BCUT2D eigenvalue weighted by molar-refractivity contribution is -0.0559. The summed E-state index contributed by atoms with van der Waals surface area (Å²) in [6, 6.07) is 8.37. The maximum Gasteiger partial charge on any atom is 0.105 e. The predicted molar refractivity (Wildman–Crippen MR) is 87.5 cm³/mol. The predicted octanol–water partition coefficient (Wildman–Crippen LogP) is 4.61. The Labute approximate surface area is 129 Å². The Balaban J connectivity index is 2.11. The Morgan fingerprint density at radius 3 is 2.10 bits per heavy atom. The summed E-state index contributed by atoms with van der Waals surface area (Å²) in [7, 11) is 1.73. The van der Waals surface area contributed by atoms with E-state index in [1.165, 1.54) is 37.7 Å². The fourth-order valence-electron chi connectivity index (χ4n) is 3.41. The Morgan fingerprint density at radius 1 is 1.05 bits per heavy atom. The van der Waals surface area contributed by atoms with E-state index < -0.39 is 6.10 Å². The first-order valence-corrected chi connectivity index (χ1v) is 8.25. The van der Waals surface area contributed by atoms with Gasteiger partial charge in [-0.05, 0) is 35.3 Å². The summed E-state index contributed by atoms with van der Waals surface area (Å²) in [4.78, 5) is 0. The lowest BCUT2D eigenvalue weighted by Crippen LogP contribution is -2.31. The third-order valence-corrected chi connectivity index (χ3v) is 4.82. The van der Waals surface area contributed by atoms with Gasteiger partial charge in [-0.1, -0.05) is 64.3 Å². The highest BCUT2D eigenvalue weighted by molar-refractivity contribution is 5.29. The first-order valence-electron chi connectivity index (χ1n) is 8.25. The van der Waals surface area contributed by atoms with Crippen molar-refractivity contribution in [2.24, 2.45) is 5.92 Å². The maximum atomic E-state index is 10.7. The molecule has 0 bridgehead atoms. The van der Waals surface area contributed by atoms with Crippen LogP contribution in [0.2, 0.25) is 0 Å². The van der Waals surface area contributed by atoms with E-state index in [-0.39, 0.29) is 11.5 Å². The molecule has 0 spiro atoms. The van der Waals surface area contributed by atoms with E-state index in [1.807, 2.05) is 0 Å². The van der Waals surface area contributed by atoms with Gasteiger partial charge in [0.15, 0.2) is 0 Å². The number of aliphatic hydroxyl groups excluding tert-OH is 1. The topological polar surface area (TPSA) is 29.5 Å². The highest BCUT2D eigenvalue weighted by Gasteiger charge is 2.30. The lowest BCUT2D eigenvalue weighted by atomic mass is 9.81. The summed E-state index contributed by atoms with van der Waals surface area (Å²) < 4.78 is 5.65. The third-order valence-electron chi connectivity index (χ3n) is 4.82. The Bertz CT molecular complexity index is 424. The SMILES string of the molecule is COC(C1CCCCC1)C(O)c1ccc(C(C)(C)C)cc1. The van der Waals surface area contributed by atoms with Crippen molar-refractivity contribution in [1.29, 1.82) is 0 Å². The molecule has 2 nitrogen and oxygen atoms in total. The number of hydrogen-bond donors (Lipinski definition) is 1. The molecule has 0 heterocycles. The molecule has 2 rings (SSSR count). The van der Waals surface area contributed by atoms with Crippen LogP contribution in [0.15, 0.2) is 24.3 Å². The molecule has 2 atom stereocenters. The molecule has 0 aromatic heterocycles. The number of aliphatic hydroxyl groups is 1. The standard InChI is InChI=1S/C19H30O2/c1-19(2,3)16-12-10-14(11-13-16)17(20)18(21-4)15-8-6-5-7-9-15/h10-13,15,17-18,20H,5-9H2,1-4H3. The molecule has 1 aliphatic carbocycles. The van der Waals surface area contributed by atoms with E-state index in [9.17, 15) is 5.11 Å². The average molecular weight is 290 g/mol. The summed E-state index contributed by atoms with van der Waals surface area (Å²) in [6.07, 6.45) is 5.60. The van der Waals surface area contributed by atoms with Gasteiger partial charge in [-0.25, -0.2) is 0 Å². The number of hydrogen-bond acceptors (Lipinski definition) is 2. The largest absolute Gasteiger partial charge is 0.386 e. The first kappa shape index (κ1) is 16.5. The van der Waals surface area contributed by atoms with Crippen LogP contribution in [0.3, 0.4) is 0 Å². The minimum absolute atomic E-state index is 0.0780. The summed E-state index contributed by atoms with van der Waals surface area (Å²) in [5.74, 6) is 0.487. The van der Waals surface area contributed by atoms with Crippen molar-refractivity contribution in [3.63, 3.8) is 0 Å². The lowest BCUT2D eigenvalue weighted by Gasteiger charge is -2.32. The molecule has 1 N–H and O–H groups in total. The maximum absolute atomic E-state index is 10.7. The van der Waals surface area contributed by atoms with Crippen molar-refractivity contribution in [3.05, 3.63) is 35.4 Å². The molecule has 2 heteroatoms. The summed E-state index contributed by atoms with van der Waals surface area (Å²) in [5.41, 5.74) is 2.42. The van der Waals surface area contributed by atoms with Crippen molar-refractivity contribution in [1.82, 2.24) is 0 Å². The highest BCUT2D eigenvalue weighted by Crippen LogP contribution is 2.34. The van der Waals surface area contributed by atoms with E-state index in [0.717, 1.165) is 5.56 Å². The molecular formula is C19H30O2. The number of rotatable bonds is 4. The first-order chi connectivity index (χ1) is 9.93. The van der Waals surface area contributed by atoms with Crippen molar-refractivity contribution >= 4 is 0 Å². The molecular weight excluding hydrogens is 260 g/mol. The molecule has 2 unspecified atom stereocenters. The van der Waals surface area contributed by atoms with Crippen LogP contribution < -0.4 is 0 Å². The van der Waals surface area contributed by atoms with Gasteiger partial charge in [-0.15, -0.1) is 0 Å². The number of methoxy groups -OCH3 is 1. The second kappa shape index (κ2) is 6.93. The van der Waals surface area contributed by atoms with Crippen LogP contribution >= 0.6 is 0 Å². The third kappa shape index (κ3) is 4.08. The van der Waals surface area contributed by atoms with Crippen LogP contribution in [0.1, 0.15) is 70.1 Å². The quantitative estimate of drug-likeness (QED) is 0.877. The monoisotopic (exact) mass is 290 g/mol. The molecule has 0 aliphatic heterocycles. The van der Waals surface area contributed by atoms with E-state index in [1.54, 1.807) is 7.11 Å². The van der Waals surface area contributed by atoms with E-state index in [2.05, 4.69) is 45.0 Å². The van der Waals surface area contributed by atoms with Crippen LogP contribution in [-0.4, -0.2) is 18.3 Å². The van der Waals surface area contributed by atoms with E-state index in [4.69, 9.17) is 4.74 Å². The van der Waals surface area contributed by atoms with Gasteiger partial charge in [0, 0.05) is 7.11 Å². The summed E-state index contributed by atoms with van der Waals surface area (Å²) >= 11 is 0. The van der Waals surface area contributed by atoms with Gasteiger partial charge < -0.3 is 9.84 Å². The fourth-order valence-corrected chi connectivity index (χ4v) is 3.41. The van der Waals surface area contributed by atoms with Gasteiger partial charge in [0.1, 0.15) is 6.10 Å². The van der Waals surface area contributed by atoms with E-state index in [0.29, 0.717) is 5.92 Å². The van der Waals surface area contributed by atoms with Crippen molar-refractivity contribution in [3.8, 4) is 0 Å². The highest BCUT2D eigenvalue weighted by atomic mass is 16.5. The zero-order valence-corrected chi connectivity index (χ0v) is 13.9. The van der Waals surface area contributed by atoms with Crippen molar-refractivity contribution in [2.75, 3.05) is 7.11 Å². The van der Waals surface area contributed by atoms with Crippen LogP contribution in [0, 0.1) is 5.92 Å². The van der Waals surface area contributed by atoms with Gasteiger partial charge >= 0.3 is 0 Å². The second-order valence-electron chi connectivity index (χ2n) is 7.42. The molecule has 21 heavy (non-hydrogen) atoms. The van der Waals surface area contributed by atoms with Gasteiger partial charge in [0.05, 0.1) is 6.10 Å². The molecule has 0 saturated heterocycles.